The van der Waals surface area contributed by atoms with Crippen LogP contribution in [0.15, 0.2) is 54.6 Å². The SMILES string of the molecule is COc1ccc(-c2nnc(NC(=O)C(Cc3ccccc3)NC(=O)C(C)(C)C)s2)cc1. The van der Waals surface area contributed by atoms with Gasteiger partial charge in [-0.15, -0.1) is 10.2 Å². The quantitative estimate of drug-likeness (QED) is 0.583. The monoisotopic (exact) mass is 438 g/mol. The lowest BCUT2D eigenvalue weighted by molar-refractivity contribution is -0.132. The molecule has 1 atom stereocenters. The zero-order valence-electron chi connectivity index (χ0n) is 18.0. The highest BCUT2D eigenvalue weighted by atomic mass is 32.1. The molecule has 0 aliphatic carbocycles. The van der Waals surface area contributed by atoms with E-state index in [1.807, 2.05) is 75.4 Å². The molecule has 0 spiro atoms. The number of carbonyl (C=O) groups excluding carboxylic acids is 2. The molecule has 0 saturated carbocycles. The Hall–Kier alpha value is -3.26. The fourth-order valence-electron chi connectivity index (χ4n) is 2.75. The standard InChI is InChI=1S/C23H26N4O3S/c1-23(2,3)21(29)24-18(14-15-8-6-5-7-9-15)19(28)25-22-27-26-20(31-22)16-10-12-17(30-4)13-11-16/h5-13,18H,14H2,1-4H3,(H,24,29)(H,25,27,28). The molecule has 31 heavy (non-hydrogen) atoms. The van der Waals surface area contributed by atoms with Crippen molar-refractivity contribution in [3.63, 3.8) is 0 Å². The average molecular weight is 439 g/mol. The van der Waals surface area contributed by atoms with Crippen LogP contribution in [0.1, 0.15) is 26.3 Å². The molecule has 7 nitrogen and oxygen atoms in total. The highest BCUT2D eigenvalue weighted by Gasteiger charge is 2.28. The third kappa shape index (κ3) is 6.11. The van der Waals surface area contributed by atoms with Crippen molar-refractivity contribution >= 4 is 28.3 Å². The zero-order chi connectivity index (χ0) is 22.4. The van der Waals surface area contributed by atoms with Gasteiger partial charge >= 0.3 is 0 Å². The summed E-state index contributed by atoms with van der Waals surface area (Å²) in [7, 11) is 1.61. The summed E-state index contributed by atoms with van der Waals surface area (Å²) in [5, 5.41) is 15.0. The minimum Gasteiger partial charge on any atom is -0.497 e. The molecule has 162 valence electrons. The average Bonchev–Trinajstić information content (AvgIpc) is 3.21. The van der Waals surface area contributed by atoms with Crippen LogP contribution < -0.4 is 15.4 Å². The number of benzene rings is 2. The summed E-state index contributed by atoms with van der Waals surface area (Å²) in [6.45, 7) is 5.43. The van der Waals surface area contributed by atoms with Gasteiger partial charge in [0.15, 0.2) is 0 Å². The Bertz CT molecular complexity index is 1030. The molecule has 1 aromatic heterocycles. The lowest BCUT2D eigenvalue weighted by Gasteiger charge is -2.23. The molecule has 2 aromatic carbocycles. The largest absolute Gasteiger partial charge is 0.497 e. The lowest BCUT2D eigenvalue weighted by Crippen LogP contribution is -2.48. The van der Waals surface area contributed by atoms with Crippen LogP contribution in [0.5, 0.6) is 5.75 Å². The molecule has 0 aliphatic rings. The van der Waals surface area contributed by atoms with Gasteiger partial charge in [-0.3, -0.25) is 14.9 Å². The molecule has 0 bridgehead atoms. The van der Waals surface area contributed by atoms with E-state index in [1.165, 1.54) is 11.3 Å². The Labute approximate surface area is 185 Å². The van der Waals surface area contributed by atoms with Gasteiger partial charge in [-0.2, -0.15) is 0 Å². The fourth-order valence-corrected chi connectivity index (χ4v) is 3.50. The molecule has 0 saturated heterocycles. The molecule has 0 fully saturated rings. The van der Waals surface area contributed by atoms with Crippen LogP contribution in [0.25, 0.3) is 10.6 Å². The molecule has 2 N–H and O–H groups in total. The van der Waals surface area contributed by atoms with Gasteiger partial charge in [-0.1, -0.05) is 62.4 Å². The molecule has 1 unspecified atom stereocenters. The number of aromatic nitrogens is 2. The number of hydrogen-bond acceptors (Lipinski definition) is 6. The Morgan fingerprint density at radius 2 is 1.71 bits per heavy atom. The van der Waals surface area contributed by atoms with Crippen molar-refractivity contribution < 1.29 is 14.3 Å². The van der Waals surface area contributed by atoms with Gasteiger partial charge in [0, 0.05) is 17.4 Å². The van der Waals surface area contributed by atoms with Crippen LogP contribution in [0.2, 0.25) is 0 Å². The Morgan fingerprint density at radius 3 is 2.32 bits per heavy atom. The Kier molecular flexibility index (Phi) is 7.02. The highest BCUT2D eigenvalue weighted by molar-refractivity contribution is 7.18. The summed E-state index contributed by atoms with van der Waals surface area (Å²) in [4.78, 5) is 25.5. The van der Waals surface area contributed by atoms with E-state index >= 15 is 0 Å². The number of anilines is 1. The normalized spacial score (nSPS) is 12.1. The summed E-state index contributed by atoms with van der Waals surface area (Å²) >= 11 is 1.27. The first kappa shape index (κ1) is 22.4. The molecule has 3 rings (SSSR count). The molecular weight excluding hydrogens is 412 g/mol. The predicted octanol–water partition coefficient (Wildman–Crippen LogP) is 3.93. The second-order valence-electron chi connectivity index (χ2n) is 8.10. The molecule has 2 amide bonds. The molecule has 0 aliphatic heterocycles. The van der Waals surface area contributed by atoms with E-state index in [2.05, 4.69) is 20.8 Å². The van der Waals surface area contributed by atoms with Gasteiger partial charge in [0.05, 0.1) is 7.11 Å². The second kappa shape index (κ2) is 9.70. The predicted molar refractivity (Wildman–Crippen MR) is 122 cm³/mol. The van der Waals surface area contributed by atoms with E-state index in [1.54, 1.807) is 7.11 Å². The van der Waals surface area contributed by atoms with Crippen LogP contribution in [0.3, 0.4) is 0 Å². The van der Waals surface area contributed by atoms with Crippen molar-refractivity contribution in [1.29, 1.82) is 0 Å². The number of hydrogen-bond donors (Lipinski definition) is 2. The number of nitrogens with one attached hydrogen (secondary N) is 2. The van der Waals surface area contributed by atoms with Gasteiger partial charge in [0.25, 0.3) is 0 Å². The van der Waals surface area contributed by atoms with Crippen molar-refractivity contribution in [3.05, 3.63) is 60.2 Å². The van der Waals surface area contributed by atoms with Crippen LogP contribution in [-0.4, -0.2) is 35.2 Å². The summed E-state index contributed by atoms with van der Waals surface area (Å²) in [5.41, 5.74) is 1.22. The second-order valence-corrected chi connectivity index (χ2v) is 9.07. The summed E-state index contributed by atoms with van der Waals surface area (Å²) in [6, 6.07) is 16.3. The van der Waals surface area contributed by atoms with E-state index in [9.17, 15) is 9.59 Å². The first-order chi connectivity index (χ1) is 14.8. The van der Waals surface area contributed by atoms with Crippen LogP contribution in [0, 0.1) is 5.41 Å². The van der Waals surface area contributed by atoms with E-state index in [4.69, 9.17) is 4.74 Å². The fraction of sp³-hybridized carbons (Fsp3) is 0.304. The van der Waals surface area contributed by atoms with Gasteiger partial charge in [0.2, 0.25) is 16.9 Å². The number of carbonyl (C=O) groups is 2. The number of ether oxygens (including phenoxy) is 1. The first-order valence-corrected chi connectivity index (χ1v) is 10.7. The van der Waals surface area contributed by atoms with Crippen LogP contribution in [-0.2, 0) is 16.0 Å². The van der Waals surface area contributed by atoms with Crippen molar-refractivity contribution in [1.82, 2.24) is 15.5 Å². The van der Waals surface area contributed by atoms with E-state index in [0.717, 1.165) is 16.9 Å². The van der Waals surface area contributed by atoms with Gasteiger partial charge in [0.1, 0.15) is 16.8 Å². The number of nitrogens with zero attached hydrogens (tertiary/aromatic N) is 2. The third-order valence-electron chi connectivity index (χ3n) is 4.58. The summed E-state index contributed by atoms with van der Waals surface area (Å²) in [5.74, 6) is 0.221. The smallest absolute Gasteiger partial charge is 0.249 e. The van der Waals surface area contributed by atoms with Crippen molar-refractivity contribution in [2.75, 3.05) is 12.4 Å². The maximum atomic E-state index is 13.0. The minimum atomic E-state index is -0.734. The van der Waals surface area contributed by atoms with E-state index in [0.29, 0.717) is 16.6 Å². The molecule has 1 heterocycles. The molecule has 8 heteroatoms. The number of rotatable bonds is 7. The molecule has 0 radical (unpaired) electrons. The van der Waals surface area contributed by atoms with Crippen molar-refractivity contribution in [2.45, 2.75) is 33.2 Å². The Balaban J connectivity index is 1.74. The van der Waals surface area contributed by atoms with Crippen LogP contribution >= 0.6 is 11.3 Å². The first-order valence-electron chi connectivity index (χ1n) is 9.90. The zero-order valence-corrected chi connectivity index (χ0v) is 18.8. The number of amides is 2. The maximum absolute atomic E-state index is 13.0. The third-order valence-corrected chi connectivity index (χ3v) is 5.47. The van der Waals surface area contributed by atoms with Gasteiger partial charge < -0.3 is 10.1 Å². The van der Waals surface area contributed by atoms with Gasteiger partial charge in [-0.05, 0) is 29.8 Å². The van der Waals surface area contributed by atoms with E-state index in [-0.39, 0.29) is 11.8 Å². The molecular formula is C23H26N4O3S. The number of methoxy groups -OCH3 is 1. The van der Waals surface area contributed by atoms with Gasteiger partial charge in [-0.25, -0.2) is 0 Å². The van der Waals surface area contributed by atoms with E-state index < -0.39 is 11.5 Å². The van der Waals surface area contributed by atoms with Crippen molar-refractivity contribution in [2.24, 2.45) is 5.41 Å². The Morgan fingerprint density at radius 1 is 1.03 bits per heavy atom. The topological polar surface area (TPSA) is 93.2 Å². The van der Waals surface area contributed by atoms with Crippen LogP contribution in [0.4, 0.5) is 5.13 Å². The maximum Gasteiger partial charge on any atom is 0.249 e. The van der Waals surface area contributed by atoms with Crippen molar-refractivity contribution in [3.8, 4) is 16.3 Å². The molecule has 3 aromatic rings. The summed E-state index contributed by atoms with van der Waals surface area (Å²) in [6.07, 6.45) is 0.374. The minimum absolute atomic E-state index is 0.195. The lowest BCUT2D eigenvalue weighted by atomic mass is 9.94. The summed E-state index contributed by atoms with van der Waals surface area (Å²) < 4.78 is 5.17. The highest BCUT2D eigenvalue weighted by Crippen LogP contribution is 2.28.